The summed E-state index contributed by atoms with van der Waals surface area (Å²) in [5.41, 5.74) is 7.12. The van der Waals surface area contributed by atoms with Gasteiger partial charge in [-0.05, 0) is 40.7 Å². The van der Waals surface area contributed by atoms with E-state index in [0.29, 0.717) is 0 Å². The van der Waals surface area contributed by atoms with Crippen molar-refractivity contribution in [2.45, 2.75) is 19.8 Å². The van der Waals surface area contributed by atoms with Crippen molar-refractivity contribution in [1.29, 1.82) is 0 Å². The maximum absolute atomic E-state index is 2.36. The van der Waals surface area contributed by atoms with Gasteiger partial charge in [0.25, 0.3) is 0 Å². The normalized spacial score (nSPS) is 13.4. The highest BCUT2D eigenvalue weighted by Crippen LogP contribution is 2.34. The van der Waals surface area contributed by atoms with E-state index in [2.05, 4.69) is 61.5 Å². The van der Waals surface area contributed by atoms with E-state index in [4.69, 9.17) is 0 Å². The SMILES string of the molecule is CCc1ccccc1C1=CCc2ccccc21. The van der Waals surface area contributed by atoms with Gasteiger partial charge in [-0.1, -0.05) is 61.5 Å². The average molecular weight is 220 g/mol. The number of allylic oxidation sites excluding steroid dienone is 1. The zero-order valence-corrected chi connectivity index (χ0v) is 10.1. The molecule has 0 nitrogen and oxygen atoms in total. The van der Waals surface area contributed by atoms with Crippen molar-refractivity contribution in [3.05, 3.63) is 76.9 Å². The molecule has 2 aromatic rings. The van der Waals surface area contributed by atoms with Gasteiger partial charge in [0.1, 0.15) is 0 Å². The minimum Gasteiger partial charge on any atom is -0.0716 e. The van der Waals surface area contributed by atoms with Crippen molar-refractivity contribution in [3.63, 3.8) is 0 Å². The Morgan fingerprint density at radius 1 is 0.882 bits per heavy atom. The van der Waals surface area contributed by atoms with Gasteiger partial charge >= 0.3 is 0 Å². The number of hydrogen-bond acceptors (Lipinski definition) is 0. The molecule has 2 aromatic carbocycles. The smallest absolute Gasteiger partial charge is 0.00819 e. The molecule has 0 atom stereocenters. The van der Waals surface area contributed by atoms with Gasteiger partial charge in [-0.15, -0.1) is 0 Å². The fourth-order valence-corrected chi connectivity index (χ4v) is 2.63. The summed E-state index contributed by atoms with van der Waals surface area (Å²) in [5.74, 6) is 0. The molecule has 84 valence electrons. The van der Waals surface area contributed by atoms with Crippen molar-refractivity contribution < 1.29 is 0 Å². The van der Waals surface area contributed by atoms with Gasteiger partial charge in [-0.2, -0.15) is 0 Å². The maximum Gasteiger partial charge on any atom is -0.00819 e. The monoisotopic (exact) mass is 220 g/mol. The maximum atomic E-state index is 2.36. The number of aryl methyl sites for hydroxylation is 1. The Morgan fingerprint density at radius 3 is 2.41 bits per heavy atom. The Morgan fingerprint density at radius 2 is 1.59 bits per heavy atom. The molecule has 0 saturated carbocycles. The molecule has 0 radical (unpaired) electrons. The van der Waals surface area contributed by atoms with Gasteiger partial charge in [0, 0.05) is 0 Å². The molecule has 1 aliphatic carbocycles. The van der Waals surface area contributed by atoms with Crippen LogP contribution in [0.1, 0.15) is 29.2 Å². The van der Waals surface area contributed by atoms with Gasteiger partial charge < -0.3 is 0 Å². The van der Waals surface area contributed by atoms with Crippen LogP contribution in [0.2, 0.25) is 0 Å². The third-order valence-electron chi connectivity index (χ3n) is 3.52. The highest BCUT2D eigenvalue weighted by molar-refractivity contribution is 5.85. The van der Waals surface area contributed by atoms with E-state index in [1.807, 2.05) is 0 Å². The van der Waals surface area contributed by atoms with E-state index in [1.54, 1.807) is 0 Å². The minimum atomic E-state index is 1.07. The molecule has 0 N–H and O–H groups in total. The Hall–Kier alpha value is -1.82. The zero-order valence-electron chi connectivity index (χ0n) is 10.1. The third-order valence-corrected chi connectivity index (χ3v) is 3.52. The van der Waals surface area contributed by atoms with Crippen molar-refractivity contribution in [1.82, 2.24) is 0 Å². The first-order valence-electron chi connectivity index (χ1n) is 6.27. The number of benzene rings is 2. The van der Waals surface area contributed by atoms with E-state index in [1.165, 1.54) is 27.8 Å². The van der Waals surface area contributed by atoms with Crippen molar-refractivity contribution in [3.8, 4) is 0 Å². The highest BCUT2D eigenvalue weighted by Gasteiger charge is 2.16. The largest absolute Gasteiger partial charge is 0.0716 e. The summed E-state index contributed by atoms with van der Waals surface area (Å²) in [7, 11) is 0. The summed E-state index contributed by atoms with van der Waals surface area (Å²) >= 11 is 0. The standard InChI is InChI=1S/C17H16/c1-2-13-7-3-5-9-15(13)17-12-11-14-8-4-6-10-16(14)17/h3-10,12H,2,11H2,1H3. The van der Waals surface area contributed by atoms with Gasteiger partial charge in [-0.3, -0.25) is 0 Å². The molecule has 0 spiro atoms. The molecule has 0 unspecified atom stereocenters. The fraction of sp³-hybridized carbons (Fsp3) is 0.176. The molecule has 0 bridgehead atoms. The Balaban J connectivity index is 2.13. The van der Waals surface area contributed by atoms with Crippen molar-refractivity contribution >= 4 is 5.57 Å². The minimum absolute atomic E-state index is 1.07. The average Bonchev–Trinajstić information content (AvgIpc) is 2.82. The molecule has 0 saturated heterocycles. The lowest BCUT2D eigenvalue weighted by atomic mass is 9.94. The van der Waals surface area contributed by atoms with E-state index in [-0.39, 0.29) is 0 Å². The first-order valence-corrected chi connectivity index (χ1v) is 6.27. The van der Waals surface area contributed by atoms with Gasteiger partial charge in [0.2, 0.25) is 0 Å². The molecule has 0 aromatic heterocycles. The van der Waals surface area contributed by atoms with E-state index >= 15 is 0 Å². The van der Waals surface area contributed by atoms with Crippen LogP contribution in [0.4, 0.5) is 0 Å². The first-order chi connectivity index (χ1) is 8.40. The summed E-state index contributed by atoms with van der Waals surface area (Å²) in [5, 5.41) is 0. The highest BCUT2D eigenvalue weighted by atomic mass is 14.2. The molecule has 0 amide bonds. The van der Waals surface area contributed by atoms with Crippen LogP contribution in [0.5, 0.6) is 0 Å². The predicted molar refractivity (Wildman–Crippen MR) is 73.0 cm³/mol. The fourth-order valence-electron chi connectivity index (χ4n) is 2.63. The molecule has 0 heterocycles. The van der Waals surface area contributed by atoms with E-state index in [0.717, 1.165) is 12.8 Å². The number of fused-ring (bicyclic) bond motifs is 1. The number of rotatable bonds is 2. The molecule has 0 aliphatic heterocycles. The second-order valence-corrected chi connectivity index (χ2v) is 4.49. The third kappa shape index (κ3) is 1.70. The first kappa shape index (κ1) is 10.3. The molecule has 1 aliphatic rings. The second-order valence-electron chi connectivity index (χ2n) is 4.49. The van der Waals surface area contributed by atoms with Crippen molar-refractivity contribution in [2.24, 2.45) is 0 Å². The van der Waals surface area contributed by atoms with Crippen LogP contribution in [0.3, 0.4) is 0 Å². The van der Waals surface area contributed by atoms with Crippen LogP contribution >= 0.6 is 0 Å². The lowest BCUT2D eigenvalue weighted by Crippen LogP contribution is -1.92. The molecular formula is C17H16. The van der Waals surface area contributed by atoms with Crippen LogP contribution in [-0.4, -0.2) is 0 Å². The summed E-state index contributed by atoms with van der Waals surface area (Å²) < 4.78 is 0. The summed E-state index contributed by atoms with van der Waals surface area (Å²) in [6, 6.07) is 17.5. The summed E-state index contributed by atoms with van der Waals surface area (Å²) in [6.07, 6.45) is 4.53. The van der Waals surface area contributed by atoms with Crippen molar-refractivity contribution in [2.75, 3.05) is 0 Å². The quantitative estimate of drug-likeness (QED) is 0.710. The number of hydrogen-bond donors (Lipinski definition) is 0. The van der Waals surface area contributed by atoms with Gasteiger partial charge in [0.15, 0.2) is 0 Å². The summed E-state index contributed by atoms with van der Waals surface area (Å²) in [6.45, 7) is 2.22. The molecule has 17 heavy (non-hydrogen) atoms. The summed E-state index contributed by atoms with van der Waals surface area (Å²) in [4.78, 5) is 0. The molecule has 3 rings (SSSR count). The predicted octanol–water partition coefficient (Wildman–Crippen LogP) is 4.24. The van der Waals surface area contributed by atoms with E-state index in [9.17, 15) is 0 Å². The van der Waals surface area contributed by atoms with Crippen LogP contribution < -0.4 is 0 Å². The zero-order chi connectivity index (χ0) is 11.7. The Labute approximate surface area is 103 Å². The Kier molecular flexibility index (Phi) is 2.56. The van der Waals surface area contributed by atoms with Crippen LogP contribution in [0, 0.1) is 0 Å². The van der Waals surface area contributed by atoms with Crippen LogP contribution in [0.25, 0.3) is 5.57 Å². The van der Waals surface area contributed by atoms with E-state index < -0.39 is 0 Å². The Bertz CT molecular complexity index is 576. The van der Waals surface area contributed by atoms with Crippen LogP contribution in [-0.2, 0) is 12.8 Å². The molecular weight excluding hydrogens is 204 g/mol. The van der Waals surface area contributed by atoms with Gasteiger partial charge in [0.05, 0.1) is 0 Å². The lowest BCUT2D eigenvalue weighted by Gasteiger charge is -2.10. The molecule has 0 fully saturated rings. The van der Waals surface area contributed by atoms with Crippen LogP contribution in [0.15, 0.2) is 54.6 Å². The lowest BCUT2D eigenvalue weighted by molar-refractivity contribution is 1.13. The topological polar surface area (TPSA) is 0 Å². The second kappa shape index (κ2) is 4.21. The molecule has 0 heteroatoms. The van der Waals surface area contributed by atoms with Gasteiger partial charge in [-0.25, -0.2) is 0 Å².